The fourth-order valence-electron chi connectivity index (χ4n) is 1.23. The summed E-state index contributed by atoms with van der Waals surface area (Å²) in [5.41, 5.74) is 0. The van der Waals surface area contributed by atoms with E-state index in [1.165, 1.54) is 34.5 Å². The van der Waals surface area contributed by atoms with Gasteiger partial charge in [-0.2, -0.15) is 35.3 Å². The van der Waals surface area contributed by atoms with E-state index >= 15 is 0 Å². The van der Waals surface area contributed by atoms with Gasteiger partial charge in [-0.25, -0.2) is 0 Å². The molecule has 9 heteroatoms. The van der Waals surface area contributed by atoms with Crippen molar-refractivity contribution in [3.8, 4) is 0 Å². The van der Waals surface area contributed by atoms with Crippen molar-refractivity contribution in [1.82, 2.24) is 0 Å². The summed E-state index contributed by atoms with van der Waals surface area (Å²) in [6, 6.07) is 0. The van der Waals surface area contributed by atoms with E-state index in [2.05, 4.69) is 100 Å². The summed E-state index contributed by atoms with van der Waals surface area (Å²) in [6.45, 7) is 0. The van der Waals surface area contributed by atoms with Gasteiger partial charge in [0.15, 0.2) is 0 Å². The molecular formula is C10H16S9. The van der Waals surface area contributed by atoms with Gasteiger partial charge in [-0.05, 0) is 0 Å². The van der Waals surface area contributed by atoms with Crippen molar-refractivity contribution in [2.75, 3.05) is 34.5 Å². The van der Waals surface area contributed by atoms with Crippen molar-refractivity contribution in [2.45, 2.75) is 19.7 Å². The molecule has 0 unspecified atom stereocenters. The fourth-order valence-corrected chi connectivity index (χ4v) is 17.9. The van der Waals surface area contributed by atoms with E-state index in [1.54, 1.807) is 0 Å². The Morgan fingerprint density at radius 2 is 0.895 bits per heavy atom. The zero-order valence-corrected chi connectivity index (χ0v) is 17.6. The second-order valence-electron chi connectivity index (χ2n) is 4.34. The highest BCUT2D eigenvalue weighted by Gasteiger charge is 2.27. The van der Waals surface area contributed by atoms with Crippen LogP contribution in [0.25, 0.3) is 0 Å². The van der Waals surface area contributed by atoms with Gasteiger partial charge < -0.3 is 0 Å². The van der Waals surface area contributed by atoms with Crippen LogP contribution in [0.4, 0.5) is 0 Å². The van der Waals surface area contributed by atoms with Crippen LogP contribution in [0.5, 0.6) is 0 Å². The maximum Gasteiger partial charge on any atom is 0.126 e. The Bertz CT molecular complexity index is 221. The molecule has 110 valence electrons. The zero-order valence-electron chi connectivity index (χ0n) is 10.2. The monoisotopic (exact) mass is 424 g/mol. The smallest absolute Gasteiger partial charge is 0.126 e. The van der Waals surface area contributed by atoms with Gasteiger partial charge in [-0.1, -0.05) is 64.8 Å². The summed E-state index contributed by atoms with van der Waals surface area (Å²) in [5, 5.41) is 2.77. The first kappa shape index (κ1) is 17.0. The Kier molecular flexibility index (Phi) is 8.45. The van der Waals surface area contributed by atoms with E-state index in [1.807, 2.05) is 0 Å². The molecule has 3 aliphatic heterocycles. The molecule has 0 amide bonds. The first-order valence-corrected chi connectivity index (χ1v) is 16.4. The highest BCUT2D eigenvalue weighted by Crippen LogP contribution is 2.55. The zero-order chi connectivity index (χ0) is 12.9. The van der Waals surface area contributed by atoms with E-state index in [4.69, 9.17) is 0 Å². The minimum Gasteiger partial charge on any atom is -0.160 e. The van der Waals surface area contributed by atoms with Crippen LogP contribution < -0.4 is 0 Å². The largest absolute Gasteiger partial charge is 0.160 e. The summed E-state index contributed by atoms with van der Waals surface area (Å²) < 4.78 is 0.710. The van der Waals surface area contributed by atoms with Gasteiger partial charge in [0, 0.05) is 50.3 Å². The lowest BCUT2D eigenvalue weighted by Crippen LogP contribution is -2.21. The maximum absolute atomic E-state index is 2.14. The predicted octanol–water partition coefficient (Wildman–Crippen LogP) is 5.76. The lowest BCUT2D eigenvalue weighted by atomic mass is 10.5. The van der Waals surface area contributed by atoms with E-state index in [0.717, 1.165) is 15.7 Å². The Labute approximate surface area is 152 Å². The van der Waals surface area contributed by atoms with Crippen molar-refractivity contribution in [1.29, 1.82) is 0 Å². The number of thioether (sulfide) groups is 3. The van der Waals surface area contributed by atoms with E-state index in [9.17, 15) is 0 Å². The minimum atomic E-state index is 0.710. The first-order chi connectivity index (χ1) is 9.40. The van der Waals surface area contributed by atoms with E-state index in [-0.39, 0.29) is 0 Å². The standard InChI is InChI=1S/C10H16S9/c1-7(2-11-1)14-17-10(18-15-8-3-12-4-8)19-16-9-5-13-6-9/h7-10H,1-6H2. The molecule has 0 atom stereocenters. The Morgan fingerprint density at radius 3 is 1.11 bits per heavy atom. The van der Waals surface area contributed by atoms with Crippen LogP contribution in [0.2, 0.25) is 0 Å². The third kappa shape index (κ3) is 5.94. The molecule has 3 saturated heterocycles. The highest BCUT2D eigenvalue weighted by atomic mass is 33.2. The molecule has 3 fully saturated rings. The molecule has 0 bridgehead atoms. The van der Waals surface area contributed by atoms with Crippen molar-refractivity contribution in [3.05, 3.63) is 0 Å². The molecule has 0 nitrogen and oxygen atoms in total. The number of hydrogen-bond donors (Lipinski definition) is 0. The number of rotatable bonds is 9. The summed E-state index contributed by atoms with van der Waals surface area (Å²) in [4.78, 5) is 0. The SMILES string of the molecule is C1SCC1SSC(SSC1CSC1)SSC1CSC1. The summed E-state index contributed by atoms with van der Waals surface area (Å²) in [7, 11) is 12.8. The molecule has 0 aromatic carbocycles. The summed E-state index contributed by atoms with van der Waals surface area (Å²) in [5.74, 6) is 8.24. The molecule has 3 aliphatic rings. The predicted molar refractivity (Wildman–Crippen MR) is 113 cm³/mol. The van der Waals surface area contributed by atoms with Crippen LogP contribution in [0, 0.1) is 0 Å². The molecule has 0 spiro atoms. The average Bonchev–Trinajstić information content (AvgIpc) is 2.21. The van der Waals surface area contributed by atoms with Crippen molar-refractivity contribution >= 4 is 100 Å². The third-order valence-corrected chi connectivity index (χ3v) is 19.5. The van der Waals surface area contributed by atoms with Crippen molar-refractivity contribution in [3.63, 3.8) is 0 Å². The van der Waals surface area contributed by atoms with E-state index < -0.39 is 0 Å². The number of hydrogen-bond acceptors (Lipinski definition) is 9. The topological polar surface area (TPSA) is 0 Å². The Morgan fingerprint density at radius 1 is 0.579 bits per heavy atom. The van der Waals surface area contributed by atoms with Crippen LogP contribution in [0.3, 0.4) is 0 Å². The van der Waals surface area contributed by atoms with Gasteiger partial charge in [0.2, 0.25) is 0 Å². The lowest BCUT2D eigenvalue weighted by Gasteiger charge is -2.29. The molecule has 0 saturated carbocycles. The molecular weight excluding hydrogens is 409 g/mol. The summed E-state index contributed by atoms with van der Waals surface area (Å²) in [6.07, 6.45) is 0. The van der Waals surface area contributed by atoms with Gasteiger partial charge >= 0.3 is 0 Å². The first-order valence-electron chi connectivity index (χ1n) is 6.10. The summed E-state index contributed by atoms with van der Waals surface area (Å²) >= 11 is 6.29. The lowest BCUT2D eigenvalue weighted by molar-refractivity contribution is 1.09. The molecule has 0 aromatic rings. The van der Waals surface area contributed by atoms with Gasteiger partial charge in [-0.3, -0.25) is 0 Å². The van der Waals surface area contributed by atoms with Gasteiger partial charge in [0.05, 0.1) is 0 Å². The molecule has 3 heterocycles. The van der Waals surface area contributed by atoms with Crippen LogP contribution in [-0.4, -0.2) is 54.2 Å². The average molecular weight is 425 g/mol. The molecule has 19 heavy (non-hydrogen) atoms. The normalized spacial score (nSPS) is 25.1. The molecule has 0 aliphatic carbocycles. The molecule has 0 N–H and O–H groups in total. The van der Waals surface area contributed by atoms with Crippen LogP contribution in [0.1, 0.15) is 0 Å². The second-order valence-corrected chi connectivity index (χ2v) is 16.5. The minimum absolute atomic E-state index is 0.710. The Balaban J connectivity index is 1.33. The van der Waals surface area contributed by atoms with Crippen LogP contribution in [-0.2, 0) is 0 Å². The molecule has 0 aromatic heterocycles. The van der Waals surface area contributed by atoms with Gasteiger partial charge in [0.25, 0.3) is 0 Å². The van der Waals surface area contributed by atoms with Crippen molar-refractivity contribution in [2.24, 2.45) is 0 Å². The molecule has 3 rings (SSSR count). The Hall–Kier alpha value is 3.15. The van der Waals surface area contributed by atoms with E-state index in [0.29, 0.717) is 3.91 Å². The quantitative estimate of drug-likeness (QED) is 0.331. The van der Waals surface area contributed by atoms with Crippen molar-refractivity contribution < 1.29 is 0 Å². The maximum atomic E-state index is 2.14. The van der Waals surface area contributed by atoms with Crippen LogP contribution in [0.15, 0.2) is 0 Å². The van der Waals surface area contributed by atoms with Gasteiger partial charge in [-0.15, -0.1) is 0 Å². The molecule has 0 radical (unpaired) electrons. The second kappa shape index (κ2) is 9.45. The third-order valence-electron chi connectivity index (χ3n) is 2.63. The van der Waals surface area contributed by atoms with Crippen LogP contribution >= 0.6 is 100 Å². The van der Waals surface area contributed by atoms with Gasteiger partial charge in [0.1, 0.15) is 3.91 Å². The fraction of sp³-hybridized carbons (Fsp3) is 1.00. The highest BCUT2D eigenvalue weighted by molar-refractivity contribution is 8.94.